The molecule has 112 valence electrons. The lowest BCUT2D eigenvalue weighted by molar-refractivity contribution is 0.292. The van der Waals surface area contributed by atoms with E-state index in [4.69, 9.17) is 9.47 Å². The number of hydrogen-bond donors (Lipinski definition) is 1. The van der Waals surface area contributed by atoms with Gasteiger partial charge in [-0.15, -0.1) is 0 Å². The molecule has 1 rings (SSSR count). The van der Waals surface area contributed by atoms with Gasteiger partial charge in [-0.1, -0.05) is 34.6 Å². The van der Waals surface area contributed by atoms with Crippen LogP contribution in [0, 0.1) is 0 Å². The van der Waals surface area contributed by atoms with Gasteiger partial charge in [0.1, 0.15) is 6.61 Å². The summed E-state index contributed by atoms with van der Waals surface area (Å²) >= 11 is 3.31. The second-order valence-electron chi connectivity index (χ2n) is 5.59. The third kappa shape index (κ3) is 5.97. The van der Waals surface area contributed by atoms with Crippen molar-refractivity contribution in [1.29, 1.82) is 0 Å². The van der Waals surface area contributed by atoms with Crippen molar-refractivity contribution in [2.75, 3.05) is 13.2 Å². The molecular formula is C16H24BrNO2. The molecule has 0 spiro atoms. The Morgan fingerprint density at radius 3 is 2.55 bits per heavy atom. The molecule has 1 aromatic rings. The maximum atomic E-state index is 5.84. The minimum absolute atomic E-state index is 0.0535. The summed E-state index contributed by atoms with van der Waals surface area (Å²) in [6.45, 7) is 13.9. The monoisotopic (exact) mass is 341 g/mol. The van der Waals surface area contributed by atoms with Gasteiger partial charge in [-0.05, 0) is 33.8 Å². The molecule has 0 aliphatic carbocycles. The Morgan fingerprint density at radius 1 is 1.30 bits per heavy atom. The van der Waals surface area contributed by atoms with Crippen LogP contribution in [0.4, 0.5) is 0 Å². The molecule has 0 bridgehead atoms. The first kappa shape index (κ1) is 17.1. The third-order valence-corrected chi connectivity index (χ3v) is 2.77. The van der Waals surface area contributed by atoms with Gasteiger partial charge in [-0.25, -0.2) is 0 Å². The number of halogens is 1. The summed E-state index contributed by atoms with van der Waals surface area (Å²) < 4.78 is 12.3. The van der Waals surface area contributed by atoms with Gasteiger partial charge in [0, 0.05) is 22.1 Å². The highest BCUT2D eigenvalue weighted by atomic mass is 79.9. The van der Waals surface area contributed by atoms with Gasteiger partial charge in [-0.3, -0.25) is 0 Å². The largest absolute Gasteiger partial charge is 0.490 e. The van der Waals surface area contributed by atoms with E-state index >= 15 is 0 Å². The smallest absolute Gasteiger partial charge is 0.166 e. The molecule has 1 N–H and O–H groups in total. The predicted molar refractivity (Wildman–Crippen MR) is 87.8 cm³/mol. The molecule has 0 amide bonds. The molecule has 0 saturated carbocycles. The molecule has 0 heterocycles. The summed E-state index contributed by atoms with van der Waals surface area (Å²) in [5.41, 5.74) is 1.14. The third-order valence-electron chi connectivity index (χ3n) is 2.54. The molecular weight excluding hydrogens is 318 g/mol. The minimum Gasteiger partial charge on any atom is -0.490 e. The summed E-state index contributed by atoms with van der Waals surface area (Å²) in [6, 6.07) is 5.96. The molecule has 0 aliphatic heterocycles. The van der Waals surface area contributed by atoms with Crippen molar-refractivity contribution < 1.29 is 9.47 Å². The van der Waals surface area contributed by atoms with Crippen LogP contribution in [0.3, 0.4) is 0 Å². The van der Waals surface area contributed by atoms with E-state index in [2.05, 4.69) is 48.6 Å². The Morgan fingerprint density at radius 2 is 2.00 bits per heavy atom. The van der Waals surface area contributed by atoms with Crippen LogP contribution in [0.15, 0.2) is 29.3 Å². The molecule has 0 radical (unpaired) electrons. The van der Waals surface area contributed by atoms with Gasteiger partial charge in [0.05, 0.1) is 6.61 Å². The molecule has 0 unspecified atom stereocenters. The molecule has 0 aromatic heterocycles. The zero-order chi connectivity index (χ0) is 15.2. The van der Waals surface area contributed by atoms with Gasteiger partial charge in [0.2, 0.25) is 0 Å². The van der Waals surface area contributed by atoms with Crippen molar-refractivity contribution in [3.05, 3.63) is 34.8 Å². The van der Waals surface area contributed by atoms with Crippen LogP contribution >= 0.6 is 15.9 Å². The summed E-state index contributed by atoms with van der Waals surface area (Å²) in [4.78, 5) is 0. The van der Waals surface area contributed by atoms with Crippen LogP contribution in [-0.2, 0) is 6.54 Å². The number of benzene rings is 1. The van der Waals surface area contributed by atoms with E-state index in [9.17, 15) is 0 Å². The lowest BCUT2D eigenvalue weighted by Crippen LogP contribution is -2.35. The summed E-state index contributed by atoms with van der Waals surface area (Å²) in [6.07, 6.45) is 0. The summed E-state index contributed by atoms with van der Waals surface area (Å²) in [7, 11) is 0. The van der Waals surface area contributed by atoms with E-state index in [0.717, 1.165) is 28.1 Å². The van der Waals surface area contributed by atoms with E-state index in [1.54, 1.807) is 0 Å². The van der Waals surface area contributed by atoms with Crippen LogP contribution in [0.1, 0.15) is 33.3 Å². The number of hydrogen-bond acceptors (Lipinski definition) is 3. The fourth-order valence-corrected chi connectivity index (χ4v) is 1.76. The van der Waals surface area contributed by atoms with E-state index in [1.165, 1.54) is 0 Å². The molecule has 1 aromatic carbocycles. The van der Waals surface area contributed by atoms with Crippen molar-refractivity contribution in [3.63, 3.8) is 0 Å². The normalized spacial score (nSPS) is 11.2. The zero-order valence-electron chi connectivity index (χ0n) is 12.8. The number of ether oxygens (including phenoxy) is 2. The van der Waals surface area contributed by atoms with Crippen LogP contribution in [-0.4, -0.2) is 18.8 Å². The number of nitrogens with one attached hydrogen (secondary N) is 1. The molecule has 0 aliphatic rings. The number of para-hydroxylation sites is 1. The van der Waals surface area contributed by atoms with Gasteiger partial charge in [0.25, 0.3) is 0 Å². The predicted octanol–water partition coefficient (Wildman–Crippen LogP) is 4.26. The maximum Gasteiger partial charge on any atom is 0.166 e. The second kappa shape index (κ2) is 7.70. The van der Waals surface area contributed by atoms with Gasteiger partial charge < -0.3 is 14.8 Å². The quantitative estimate of drug-likeness (QED) is 0.803. The maximum absolute atomic E-state index is 5.84. The van der Waals surface area contributed by atoms with E-state index in [1.807, 2.05) is 25.1 Å². The van der Waals surface area contributed by atoms with E-state index < -0.39 is 0 Å². The summed E-state index contributed by atoms with van der Waals surface area (Å²) in [5.74, 6) is 1.56. The molecule has 20 heavy (non-hydrogen) atoms. The van der Waals surface area contributed by atoms with Crippen molar-refractivity contribution in [2.24, 2.45) is 0 Å². The fraction of sp³-hybridized carbons (Fsp3) is 0.500. The average molecular weight is 342 g/mol. The van der Waals surface area contributed by atoms with Gasteiger partial charge in [-0.2, -0.15) is 0 Å². The van der Waals surface area contributed by atoms with E-state index in [0.29, 0.717) is 13.2 Å². The molecule has 0 saturated heterocycles. The first-order chi connectivity index (χ1) is 9.33. The molecule has 3 nitrogen and oxygen atoms in total. The average Bonchev–Trinajstić information content (AvgIpc) is 2.34. The Balaban J connectivity index is 2.95. The molecule has 0 fully saturated rings. The van der Waals surface area contributed by atoms with E-state index in [-0.39, 0.29) is 5.54 Å². The highest BCUT2D eigenvalue weighted by molar-refractivity contribution is 9.11. The molecule has 0 atom stereocenters. The summed E-state index contributed by atoms with van der Waals surface area (Å²) in [5, 5.41) is 3.47. The Kier molecular flexibility index (Phi) is 6.56. The minimum atomic E-state index is 0.0535. The van der Waals surface area contributed by atoms with Crippen LogP contribution in [0.2, 0.25) is 0 Å². The Bertz CT molecular complexity index is 452. The van der Waals surface area contributed by atoms with Gasteiger partial charge >= 0.3 is 0 Å². The van der Waals surface area contributed by atoms with Crippen molar-refractivity contribution in [1.82, 2.24) is 5.32 Å². The van der Waals surface area contributed by atoms with Crippen LogP contribution < -0.4 is 14.8 Å². The topological polar surface area (TPSA) is 30.5 Å². The second-order valence-corrected chi connectivity index (χ2v) is 6.71. The van der Waals surface area contributed by atoms with Crippen LogP contribution in [0.5, 0.6) is 11.5 Å². The highest BCUT2D eigenvalue weighted by Crippen LogP contribution is 2.32. The van der Waals surface area contributed by atoms with Crippen molar-refractivity contribution in [2.45, 2.75) is 39.8 Å². The molecule has 4 heteroatoms. The number of rotatable bonds is 7. The highest BCUT2D eigenvalue weighted by Gasteiger charge is 2.14. The Labute approximate surface area is 130 Å². The zero-order valence-corrected chi connectivity index (χ0v) is 14.3. The SMILES string of the molecule is C=C(Br)COc1c(CNC(C)(C)C)cccc1OCC. The first-order valence-corrected chi connectivity index (χ1v) is 7.58. The Hall–Kier alpha value is -1.00. The van der Waals surface area contributed by atoms with Crippen LogP contribution in [0.25, 0.3) is 0 Å². The first-order valence-electron chi connectivity index (χ1n) is 6.79. The standard InChI is InChI=1S/C16H24BrNO2/c1-6-19-14-9-7-8-13(10-18-16(3,4)5)15(14)20-11-12(2)17/h7-9,18H,2,6,10-11H2,1,3-5H3. The lowest BCUT2D eigenvalue weighted by atomic mass is 10.1. The van der Waals surface area contributed by atoms with Crippen molar-refractivity contribution in [3.8, 4) is 11.5 Å². The lowest BCUT2D eigenvalue weighted by Gasteiger charge is -2.22. The fourth-order valence-electron chi connectivity index (χ4n) is 1.64. The van der Waals surface area contributed by atoms with Crippen molar-refractivity contribution >= 4 is 15.9 Å². The van der Waals surface area contributed by atoms with Gasteiger partial charge in [0.15, 0.2) is 11.5 Å².